The fraction of sp³-hybridized carbons (Fsp3) is 0.769. The maximum Gasteiger partial charge on any atom is 0.246 e. The molecule has 0 atom stereocenters. The minimum Gasteiger partial charge on any atom is -0.356 e. The number of carbonyl (C=O) groups excluding carboxylic acids is 5. The van der Waals surface area contributed by atoms with E-state index in [2.05, 4.69) is 10.6 Å². The number of carbonyl (C=O) groups is 5. The Labute approximate surface area is 232 Å². The van der Waals surface area contributed by atoms with Crippen molar-refractivity contribution in [2.24, 2.45) is 5.73 Å². The van der Waals surface area contributed by atoms with Gasteiger partial charge in [0.05, 0.1) is 6.92 Å². The number of hydrogen-bond donors (Lipinski definition) is 5. The van der Waals surface area contributed by atoms with Gasteiger partial charge in [0.25, 0.3) is 0 Å². The molecule has 0 saturated carbocycles. The first-order valence-electron chi connectivity index (χ1n) is 13.8. The standard InChI is InChI=1S/C26H48N6O7/c1-22(33)30(2)19-9-4-7-17-28-23(34)13-15-26(37)32(39)21-11-5-8-18-29-24(35)12-14-25(36)31(38)20-10-3-6-16-27/h1,38-39H,3-21,27H2,2H3,(H,28,34)(H,29,35). The van der Waals surface area contributed by atoms with Crippen LogP contribution in [0.4, 0.5) is 0 Å². The molecule has 6 N–H and O–H groups in total. The molecule has 0 saturated heterocycles. The zero-order valence-electron chi connectivity index (χ0n) is 23.4. The van der Waals surface area contributed by atoms with Gasteiger partial charge in [0, 0.05) is 65.5 Å². The van der Waals surface area contributed by atoms with Gasteiger partial charge in [-0.25, -0.2) is 10.1 Å². The fourth-order valence-corrected chi connectivity index (χ4v) is 3.49. The summed E-state index contributed by atoms with van der Waals surface area (Å²) in [4.78, 5) is 59.9. The summed E-state index contributed by atoms with van der Waals surface area (Å²) in [6.45, 7) is 7.48. The van der Waals surface area contributed by atoms with E-state index >= 15 is 0 Å². The van der Waals surface area contributed by atoms with Gasteiger partial charge in [0.1, 0.15) is 0 Å². The highest BCUT2D eigenvalue weighted by Crippen LogP contribution is 2.03. The summed E-state index contributed by atoms with van der Waals surface area (Å²) in [5.74, 6) is -2.05. The van der Waals surface area contributed by atoms with Crippen molar-refractivity contribution >= 4 is 29.5 Å². The van der Waals surface area contributed by atoms with Crippen molar-refractivity contribution < 1.29 is 34.4 Å². The zero-order chi connectivity index (χ0) is 29.5. The van der Waals surface area contributed by atoms with Crippen molar-refractivity contribution in [3.05, 3.63) is 6.92 Å². The van der Waals surface area contributed by atoms with Gasteiger partial charge in [-0.1, -0.05) is 6.42 Å². The van der Waals surface area contributed by atoms with Crippen LogP contribution in [0.2, 0.25) is 0 Å². The van der Waals surface area contributed by atoms with Crippen molar-refractivity contribution in [2.75, 3.05) is 46.3 Å². The first-order chi connectivity index (χ1) is 18.6. The molecule has 0 heterocycles. The predicted molar refractivity (Wildman–Crippen MR) is 144 cm³/mol. The number of amides is 5. The topological polar surface area (TPSA) is 186 Å². The lowest BCUT2D eigenvalue weighted by Gasteiger charge is -2.15. The van der Waals surface area contributed by atoms with Crippen LogP contribution in [0.5, 0.6) is 0 Å². The average Bonchev–Trinajstić information content (AvgIpc) is 2.91. The third-order valence-corrected chi connectivity index (χ3v) is 6.02. The number of unbranched alkanes of at least 4 members (excludes halogenated alkanes) is 6. The molecular weight excluding hydrogens is 508 g/mol. The Kier molecular flexibility index (Phi) is 21.5. The normalized spacial score (nSPS) is 10.6. The van der Waals surface area contributed by atoms with E-state index < -0.39 is 17.7 Å². The largest absolute Gasteiger partial charge is 0.356 e. The van der Waals surface area contributed by atoms with Gasteiger partial charge in [-0.05, 0) is 57.9 Å². The summed E-state index contributed by atoms with van der Waals surface area (Å²) >= 11 is 0. The maximum absolute atomic E-state index is 12.0. The summed E-state index contributed by atoms with van der Waals surface area (Å²) in [6, 6.07) is 0. The van der Waals surface area contributed by atoms with Crippen LogP contribution in [0.25, 0.3) is 0 Å². The molecule has 0 fully saturated rings. The van der Waals surface area contributed by atoms with E-state index in [1.54, 1.807) is 7.05 Å². The van der Waals surface area contributed by atoms with Crippen LogP contribution in [-0.4, -0.2) is 101 Å². The molecule has 13 heteroatoms. The third-order valence-electron chi connectivity index (χ3n) is 6.02. The molecule has 0 unspecified atom stereocenters. The van der Waals surface area contributed by atoms with Crippen LogP contribution in [0, 0.1) is 6.92 Å². The molecule has 0 spiro atoms. The summed E-state index contributed by atoms with van der Waals surface area (Å²) in [5.41, 5.74) is 5.40. The summed E-state index contributed by atoms with van der Waals surface area (Å²) in [5, 5.41) is 26.2. The lowest BCUT2D eigenvalue weighted by atomic mass is 10.2. The van der Waals surface area contributed by atoms with Gasteiger partial charge in [-0.2, -0.15) is 0 Å². The van der Waals surface area contributed by atoms with Gasteiger partial charge < -0.3 is 21.3 Å². The molecule has 39 heavy (non-hydrogen) atoms. The summed E-state index contributed by atoms with van der Waals surface area (Å²) in [6.07, 6.45) is 6.27. The van der Waals surface area contributed by atoms with Crippen LogP contribution in [0.15, 0.2) is 0 Å². The maximum atomic E-state index is 12.0. The highest BCUT2D eigenvalue weighted by Gasteiger charge is 2.14. The third kappa shape index (κ3) is 20.8. The van der Waals surface area contributed by atoms with E-state index in [4.69, 9.17) is 12.7 Å². The Morgan fingerprint density at radius 2 is 1.05 bits per heavy atom. The molecule has 0 rings (SSSR count). The molecule has 0 bridgehead atoms. The number of nitrogens with two attached hydrogens (primary N) is 1. The van der Waals surface area contributed by atoms with Gasteiger partial charge in [0.2, 0.25) is 29.5 Å². The minimum absolute atomic E-state index is 0.0141. The van der Waals surface area contributed by atoms with Crippen molar-refractivity contribution in [3.8, 4) is 0 Å². The van der Waals surface area contributed by atoms with E-state index in [1.165, 1.54) is 4.90 Å². The fourth-order valence-electron chi connectivity index (χ4n) is 3.49. The number of hydrogen-bond acceptors (Lipinski definition) is 8. The van der Waals surface area contributed by atoms with Gasteiger partial charge in [0.15, 0.2) is 0 Å². The minimum atomic E-state index is -0.532. The molecule has 5 amide bonds. The number of nitrogens with zero attached hydrogens (tertiary/aromatic N) is 3. The average molecular weight is 557 g/mol. The van der Waals surface area contributed by atoms with E-state index in [0.29, 0.717) is 62.0 Å². The highest BCUT2D eigenvalue weighted by atomic mass is 16.5. The quantitative estimate of drug-likeness (QED) is 0.0696. The van der Waals surface area contributed by atoms with Crippen LogP contribution >= 0.6 is 0 Å². The zero-order valence-corrected chi connectivity index (χ0v) is 23.4. The van der Waals surface area contributed by atoms with E-state index in [1.807, 2.05) is 0 Å². The molecular formula is C26H48N6O7. The highest BCUT2D eigenvalue weighted by molar-refractivity contribution is 5.83. The monoisotopic (exact) mass is 556 g/mol. The Morgan fingerprint density at radius 1 is 0.641 bits per heavy atom. The van der Waals surface area contributed by atoms with Crippen LogP contribution in [0.3, 0.4) is 0 Å². The van der Waals surface area contributed by atoms with Crippen molar-refractivity contribution in [1.29, 1.82) is 0 Å². The Bertz CT molecular complexity index is 738. The smallest absolute Gasteiger partial charge is 0.246 e. The molecule has 0 aromatic carbocycles. The van der Waals surface area contributed by atoms with Crippen LogP contribution < -0.4 is 16.4 Å². The lowest BCUT2D eigenvalue weighted by Crippen LogP contribution is -2.31. The second kappa shape index (κ2) is 23.1. The molecule has 224 valence electrons. The second-order valence-electron chi connectivity index (χ2n) is 9.46. The molecule has 2 radical (unpaired) electrons. The van der Waals surface area contributed by atoms with Gasteiger partial charge in [-0.15, -0.1) is 0 Å². The summed E-state index contributed by atoms with van der Waals surface area (Å²) in [7, 11) is 1.63. The first-order valence-corrected chi connectivity index (χ1v) is 13.8. The molecule has 13 nitrogen and oxygen atoms in total. The molecule has 0 aliphatic carbocycles. The Balaban J connectivity index is 3.75. The SMILES string of the molecule is [CH]C(=O)N(C)CCCCCNC(=O)CCC(=O)N(O)CCCCCNC(=O)CCC(=O)N(O)CCCCCN. The molecule has 0 aliphatic heterocycles. The van der Waals surface area contributed by atoms with E-state index in [9.17, 15) is 34.4 Å². The second-order valence-corrected chi connectivity index (χ2v) is 9.46. The van der Waals surface area contributed by atoms with Crippen LogP contribution in [-0.2, 0) is 24.0 Å². The van der Waals surface area contributed by atoms with Crippen molar-refractivity contribution in [3.63, 3.8) is 0 Å². The lowest BCUT2D eigenvalue weighted by molar-refractivity contribution is -0.166. The number of rotatable bonds is 23. The molecule has 0 aromatic rings. The summed E-state index contributed by atoms with van der Waals surface area (Å²) < 4.78 is 0. The number of hydroxylamine groups is 4. The Morgan fingerprint density at radius 3 is 1.46 bits per heavy atom. The predicted octanol–water partition coefficient (Wildman–Crippen LogP) is 0.854. The van der Waals surface area contributed by atoms with Gasteiger partial charge >= 0.3 is 0 Å². The first kappa shape index (κ1) is 36.2. The molecule has 0 aliphatic rings. The van der Waals surface area contributed by atoms with E-state index in [-0.39, 0.29) is 50.6 Å². The van der Waals surface area contributed by atoms with Gasteiger partial charge in [-0.3, -0.25) is 34.4 Å². The van der Waals surface area contributed by atoms with Crippen molar-refractivity contribution in [2.45, 2.75) is 83.5 Å². The number of nitrogens with one attached hydrogen (secondary N) is 2. The van der Waals surface area contributed by atoms with E-state index in [0.717, 1.165) is 32.1 Å². The molecule has 0 aromatic heterocycles. The van der Waals surface area contributed by atoms with Crippen LogP contribution in [0.1, 0.15) is 83.5 Å². The van der Waals surface area contributed by atoms with Crippen molar-refractivity contribution in [1.82, 2.24) is 25.7 Å². The Hall–Kier alpha value is -2.77.